The first kappa shape index (κ1) is 21.6. The third-order valence-corrected chi connectivity index (χ3v) is 5.55. The lowest BCUT2D eigenvalue weighted by Crippen LogP contribution is -2.08. The van der Waals surface area contributed by atoms with E-state index in [4.69, 9.17) is 9.15 Å². The van der Waals surface area contributed by atoms with Crippen LogP contribution in [-0.2, 0) is 16.0 Å². The maximum Gasteiger partial charge on any atom is 0.435 e. The second-order valence-corrected chi connectivity index (χ2v) is 8.70. The highest BCUT2D eigenvalue weighted by atomic mass is 32.2. The number of alkyl halides is 3. The van der Waals surface area contributed by atoms with Crippen molar-refractivity contribution >= 4 is 9.84 Å². The Morgan fingerprint density at radius 3 is 2.44 bits per heavy atom. The molecule has 0 amide bonds. The van der Waals surface area contributed by atoms with E-state index in [1.807, 2.05) is 0 Å². The molecule has 0 saturated heterocycles. The van der Waals surface area contributed by atoms with Gasteiger partial charge in [-0.25, -0.2) is 23.1 Å². The fourth-order valence-electron chi connectivity index (χ4n) is 3.05. The fourth-order valence-corrected chi connectivity index (χ4v) is 3.61. The first-order chi connectivity index (χ1) is 15.1. The maximum atomic E-state index is 13.4. The van der Waals surface area contributed by atoms with Crippen LogP contribution in [0.1, 0.15) is 5.69 Å². The minimum Gasteiger partial charge on any atom is -0.496 e. The number of halogens is 3. The van der Waals surface area contributed by atoms with Crippen molar-refractivity contribution in [3.63, 3.8) is 0 Å². The van der Waals surface area contributed by atoms with Gasteiger partial charge in [0.15, 0.2) is 27.0 Å². The molecule has 0 aliphatic rings. The quantitative estimate of drug-likeness (QED) is 0.440. The number of hydrogen-bond acceptors (Lipinski definition) is 7. The zero-order valence-corrected chi connectivity index (χ0v) is 17.5. The molecule has 1 aromatic carbocycles. The molecule has 3 aromatic heterocycles. The molecule has 0 atom stereocenters. The second-order valence-electron chi connectivity index (χ2n) is 6.74. The second kappa shape index (κ2) is 7.79. The highest BCUT2D eigenvalue weighted by molar-refractivity contribution is 7.90. The highest BCUT2D eigenvalue weighted by Crippen LogP contribution is 2.37. The molecule has 8 nitrogen and oxygen atoms in total. The summed E-state index contributed by atoms with van der Waals surface area (Å²) in [4.78, 5) is 7.90. The van der Waals surface area contributed by atoms with Crippen LogP contribution in [0.4, 0.5) is 13.2 Å². The number of hydrogen-bond donors (Lipinski definition) is 0. The number of oxazole rings is 1. The number of rotatable bonds is 5. The topological polar surface area (TPSA) is 100 Å². The smallest absolute Gasteiger partial charge is 0.435 e. The van der Waals surface area contributed by atoms with Crippen LogP contribution in [0, 0.1) is 0 Å². The molecule has 0 saturated carbocycles. The number of nitrogens with zero attached hydrogens (tertiary/aromatic N) is 4. The van der Waals surface area contributed by atoms with Crippen LogP contribution in [0.25, 0.3) is 28.2 Å². The minimum atomic E-state index is -4.69. The van der Waals surface area contributed by atoms with Crippen molar-refractivity contribution in [2.45, 2.75) is 11.2 Å². The molecule has 0 N–H and O–H groups in total. The van der Waals surface area contributed by atoms with Crippen molar-refractivity contribution in [3.05, 3.63) is 60.9 Å². The lowest BCUT2D eigenvalue weighted by molar-refractivity contribution is -0.141. The largest absolute Gasteiger partial charge is 0.496 e. The zero-order valence-electron chi connectivity index (χ0n) is 16.7. The molecule has 0 aliphatic heterocycles. The van der Waals surface area contributed by atoms with Gasteiger partial charge in [0.1, 0.15) is 17.7 Å². The van der Waals surface area contributed by atoms with E-state index >= 15 is 0 Å². The summed E-state index contributed by atoms with van der Waals surface area (Å²) >= 11 is 0. The Kier molecular flexibility index (Phi) is 5.25. The average molecular weight is 464 g/mol. The molecule has 0 bridgehead atoms. The lowest BCUT2D eigenvalue weighted by atomic mass is 10.1. The van der Waals surface area contributed by atoms with Gasteiger partial charge < -0.3 is 9.15 Å². The standard InChI is InChI=1S/C20H15F3N4O4S/c1-30-17-7-12(3-5-14(17)15-10-31-11-25-15)16-8-18(20(21,22)23)26-27(16)13-4-6-19(24-9-13)32(2,28)29/h3-11H,1-2H3. The van der Waals surface area contributed by atoms with Gasteiger partial charge >= 0.3 is 6.18 Å². The van der Waals surface area contributed by atoms with E-state index in [9.17, 15) is 21.6 Å². The summed E-state index contributed by atoms with van der Waals surface area (Å²) in [5, 5.41) is 3.48. The predicted molar refractivity (Wildman–Crippen MR) is 107 cm³/mol. The third kappa shape index (κ3) is 4.08. The third-order valence-electron chi connectivity index (χ3n) is 4.55. The molecule has 4 aromatic rings. The van der Waals surface area contributed by atoms with Crippen LogP contribution in [0.5, 0.6) is 5.75 Å². The van der Waals surface area contributed by atoms with E-state index in [0.717, 1.165) is 23.2 Å². The molecule has 4 rings (SSSR count). The van der Waals surface area contributed by atoms with Gasteiger partial charge in [0.2, 0.25) is 0 Å². The molecule has 0 radical (unpaired) electrons. The first-order valence-corrected chi connectivity index (χ1v) is 10.9. The Hall–Kier alpha value is -3.67. The van der Waals surface area contributed by atoms with Crippen LogP contribution >= 0.6 is 0 Å². The van der Waals surface area contributed by atoms with Crippen LogP contribution < -0.4 is 4.74 Å². The molecular formula is C20H15F3N4O4S. The van der Waals surface area contributed by atoms with Crippen molar-refractivity contribution in [1.29, 1.82) is 0 Å². The number of ether oxygens (including phenoxy) is 1. The van der Waals surface area contributed by atoms with Crippen LogP contribution in [0.3, 0.4) is 0 Å². The number of pyridine rings is 1. The van der Waals surface area contributed by atoms with Crippen molar-refractivity contribution in [2.75, 3.05) is 13.4 Å². The number of aromatic nitrogens is 4. The Morgan fingerprint density at radius 2 is 1.88 bits per heavy atom. The van der Waals surface area contributed by atoms with Gasteiger partial charge in [0, 0.05) is 17.4 Å². The van der Waals surface area contributed by atoms with Gasteiger partial charge in [-0.2, -0.15) is 18.3 Å². The SMILES string of the molecule is COc1cc(-c2cc(C(F)(F)F)nn2-c2ccc(S(C)(=O)=O)nc2)ccc1-c1cocn1. The Morgan fingerprint density at radius 1 is 1.09 bits per heavy atom. The van der Waals surface area contributed by atoms with Crippen molar-refractivity contribution in [2.24, 2.45) is 0 Å². The summed E-state index contributed by atoms with van der Waals surface area (Å²) in [7, 11) is -2.14. The Bertz CT molecular complexity index is 1360. The Balaban J connectivity index is 1.86. The number of methoxy groups -OCH3 is 1. The summed E-state index contributed by atoms with van der Waals surface area (Å²) in [6.45, 7) is 0. The molecular weight excluding hydrogens is 449 g/mol. The summed E-state index contributed by atoms with van der Waals surface area (Å²) in [6, 6.07) is 8.23. The van der Waals surface area contributed by atoms with Gasteiger partial charge in [0.25, 0.3) is 0 Å². The number of sulfone groups is 1. The maximum absolute atomic E-state index is 13.4. The molecule has 0 spiro atoms. The van der Waals surface area contributed by atoms with E-state index in [1.165, 1.54) is 31.9 Å². The normalized spacial score (nSPS) is 12.2. The first-order valence-electron chi connectivity index (χ1n) is 8.98. The van der Waals surface area contributed by atoms with Gasteiger partial charge in [-0.1, -0.05) is 6.07 Å². The van der Waals surface area contributed by atoms with Crippen LogP contribution in [0.2, 0.25) is 0 Å². The summed E-state index contributed by atoms with van der Waals surface area (Å²) in [5.41, 5.74) is 0.618. The van der Waals surface area contributed by atoms with E-state index in [2.05, 4.69) is 15.1 Å². The van der Waals surface area contributed by atoms with Gasteiger partial charge in [-0.3, -0.25) is 0 Å². The van der Waals surface area contributed by atoms with E-state index in [-0.39, 0.29) is 16.4 Å². The van der Waals surface area contributed by atoms with Crippen LogP contribution in [-0.4, -0.2) is 41.5 Å². The monoisotopic (exact) mass is 464 g/mol. The van der Waals surface area contributed by atoms with Gasteiger partial charge in [-0.15, -0.1) is 0 Å². The molecule has 12 heteroatoms. The predicted octanol–water partition coefficient (Wildman–Crippen LogP) is 4.02. The fraction of sp³-hybridized carbons (Fsp3) is 0.150. The minimum absolute atomic E-state index is 0.108. The lowest BCUT2D eigenvalue weighted by Gasteiger charge is -2.11. The molecule has 32 heavy (non-hydrogen) atoms. The zero-order chi connectivity index (χ0) is 23.1. The van der Waals surface area contributed by atoms with Gasteiger partial charge in [0.05, 0.1) is 24.7 Å². The van der Waals surface area contributed by atoms with Crippen molar-refractivity contribution in [1.82, 2.24) is 19.7 Å². The van der Waals surface area contributed by atoms with E-state index in [1.54, 1.807) is 18.2 Å². The molecule has 0 aliphatic carbocycles. The number of benzene rings is 1. The van der Waals surface area contributed by atoms with Crippen LogP contribution in [0.15, 0.2) is 64.7 Å². The average Bonchev–Trinajstić information content (AvgIpc) is 3.43. The highest BCUT2D eigenvalue weighted by Gasteiger charge is 2.35. The van der Waals surface area contributed by atoms with E-state index in [0.29, 0.717) is 22.6 Å². The Labute approximate surface area is 180 Å². The molecule has 0 fully saturated rings. The summed E-state index contributed by atoms with van der Waals surface area (Å²) < 4.78 is 75.0. The van der Waals surface area contributed by atoms with E-state index < -0.39 is 21.7 Å². The molecule has 0 unspecified atom stereocenters. The van der Waals surface area contributed by atoms with Gasteiger partial charge in [-0.05, 0) is 30.3 Å². The molecule has 166 valence electrons. The summed E-state index contributed by atoms with van der Waals surface area (Å²) in [6.07, 6.45) is 0.108. The summed E-state index contributed by atoms with van der Waals surface area (Å²) in [5.74, 6) is 0.364. The molecule has 3 heterocycles. The van der Waals surface area contributed by atoms with Crippen molar-refractivity contribution in [3.8, 4) is 34.0 Å². The van der Waals surface area contributed by atoms with Crippen molar-refractivity contribution < 1.29 is 30.7 Å².